The Kier molecular flexibility index (Phi) is 1.29. The number of hydrogen-bond donors (Lipinski definition) is 0. The molecule has 2 aromatic rings. The van der Waals surface area contributed by atoms with Crippen LogP contribution in [0.1, 0.15) is 19.0 Å². The van der Waals surface area contributed by atoms with Gasteiger partial charge in [0.25, 0.3) is 0 Å². The Bertz CT molecular complexity index is 999. The zero-order valence-corrected chi connectivity index (χ0v) is 12.1. The molecule has 5 heteroatoms. The number of para-hydroxylation sites is 1. The standard InChI is InChI=1S/C17H15N3O2/c1-17-11-9-8-10(11)14(17)20-16(22)18(7-5-3-2-4-6-7)15(21)19(20)13(8)12(9)17/h2-6,8-14H,1H3/t8-,9+,10-,11+,12+,13-,14-,17-/m0/s1. The van der Waals surface area contributed by atoms with Gasteiger partial charge in [0.1, 0.15) is 0 Å². The fourth-order valence-electron chi connectivity index (χ4n) is 7.43. The third kappa shape index (κ3) is 0.668. The summed E-state index contributed by atoms with van der Waals surface area (Å²) in [5.41, 5.74) is 0.707. The molecular weight excluding hydrogens is 278 g/mol. The Morgan fingerprint density at radius 1 is 0.909 bits per heavy atom. The van der Waals surface area contributed by atoms with Crippen LogP contribution in [0.15, 0.2) is 39.9 Å². The first-order valence-electron chi connectivity index (χ1n) is 8.19. The van der Waals surface area contributed by atoms with E-state index in [0.29, 0.717) is 34.9 Å². The van der Waals surface area contributed by atoms with Crippen LogP contribution < -0.4 is 11.4 Å². The van der Waals surface area contributed by atoms with Gasteiger partial charge >= 0.3 is 11.4 Å². The van der Waals surface area contributed by atoms with E-state index in [1.165, 1.54) is 4.57 Å². The molecule has 1 aromatic carbocycles. The highest BCUT2D eigenvalue weighted by Crippen LogP contribution is 2.96. The van der Waals surface area contributed by atoms with Gasteiger partial charge in [-0.15, -0.1) is 0 Å². The maximum absolute atomic E-state index is 13.0. The monoisotopic (exact) mass is 293 g/mol. The van der Waals surface area contributed by atoms with Crippen molar-refractivity contribution >= 4 is 0 Å². The van der Waals surface area contributed by atoms with Gasteiger partial charge < -0.3 is 0 Å². The van der Waals surface area contributed by atoms with Gasteiger partial charge in [-0.3, -0.25) is 0 Å². The lowest BCUT2D eigenvalue weighted by Gasteiger charge is -2.96. The molecule has 4 aliphatic carbocycles. The van der Waals surface area contributed by atoms with Crippen LogP contribution in [0.3, 0.4) is 0 Å². The molecule has 3 heterocycles. The summed E-state index contributed by atoms with van der Waals surface area (Å²) < 4.78 is 5.01. The summed E-state index contributed by atoms with van der Waals surface area (Å²) in [5, 5.41) is 0. The van der Waals surface area contributed by atoms with Crippen LogP contribution in [0.25, 0.3) is 5.69 Å². The average Bonchev–Trinajstić information content (AvgIpc) is 2.72. The molecule has 0 spiro atoms. The quantitative estimate of drug-likeness (QED) is 0.789. The number of aromatic nitrogens is 3. The Hall–Kier alpha value is -2.04. The summed E-state index contributed by atoms with van der Waals surface area (Å²) in [5.74, 6) is 3.73. The van der Waals surface area contributed by atoms with Crippen molar-refractivity contribution in [1.82, 2.24) is 13.9 Å². The number of rotatable bonds is 1. The third-order valence-electron chi connectivity index (χ3n) is 7.90. The van der Waals surface area contributed by atoms with E-state index in [2.05, 4.69) is 6.92 Å². The second kappa shape index (κ2) is 2.66. The largest absolute Gasteiger partial charge is 0.352 e. The van der Waals surface area contributed by atoms with Gasteiger partial charge in [0.05, 0.1) is 17.8 Å². The molecule has 5 nitrogen and oxygen atoms in total. The highest BCUT2D eigenvalue weighted by molar-refractivity contribution is 5.42. The van der Waals surface area contributed by atoms with Gasteiger partial charge in [-0.05, 0) is 47.1 Å². The molecule has 110 valence electrons. The third-order valence-corrected chi connectivity index (χ3v) is 7.90. The zero-order valence-electron chi connectivity index (χ0n) is 12.1. The summed E-state index contributed by atoms with van der Waals surface area (Å²) in [7, 11) is 0. The van der Waals surface area contributed by atoms with Crippen LogP contribution in [0.5, 0.6) is 0 Å². The lowest BCUT2D eigenvalue weighted by molar-refractivity contribution is -0.496. The van der Waals surface area contributed by atoms with Crippen LogP contribution in [0.4, 0.5) is 0 Å². The number of hydrogen-bond acceptors (Lipinski definition) is 2. The zero-order chi connectivity index (χ0) is 14.5. The normalized spacial score (nSPS) is 50.1. The summed E-state index contributed by atoms with van der Waals surface area (Å²) in [4.78, 5) is 25.9. The smallest absolute Gasteiger partial charge is 0.245 e. The van der Waals surface area contributed by atoms with Crippen molar-refractivity contribution in [2.45, 2.75) is 19.0 Å². The van der Waals surface area contributed by atoms with Crippen molar-refractivity contribution in [3.05, 3.63) is 51.3 Å². The van der Waals surface area contributed by atoms with E-state index in [1.54, 1.807) is 0 Å². The minimum Gasteiger partial charge on any atom is -0.245 e. The predicted molar refractivity (Wildman–Crippen MR) is 77.9 cm³/mol. The molecule has 8 atom stereocenters. The predicted octanol–water partition coefficient (Wildman–Crippen LogP) is 1.04. The maximum atomic E-state index is 13.0. The molecule has 0 unspecified atom stereocenters. The van der Waals surface area contributed by atoms with Crippen LogP contribution >= 0.6 is 0 Å². The molecule has 6 aliphatic rings. The highest BCUT2D eigenvalue weighted by Gasteiger charge is 2.95. The molecule has 0 radical (unpaired) electrons. The first-order chi connectivity index (χ1) is 10.7. The number of benzene rings is 1. The molecule has 4 fully saturated rings. The Morgan fingerprint density at radius 3 is 2.36 bits per heavy atom. The van der Waals surface area contributed by atoms with Gasteiger partial charge in [0.2, 0.25) is 0 Å². The molecule has 8 rings (SSSR count). The van der Waals surface area contributed by atoms with Crippen molar-refractivity contribution in [3.63, 3.8) is 0 Å². The SMILES string of the molecule is C[C@@]12[C@@H]3[C@H]4[C@H]5[C@@H]3[C@@H]1n1c(=O)n(-c3ccccc3)c(=O)n1[C@@H]5[C@@H]42. The Morgan fingerprint density at radius 2 is 1.64 bits per heavy atom. The van der Waals surface area contributed by atoms with Crippen molar-refractivity contribution in [2.24, 2.45) is 35.0 Å². The Balaban J connectivity index is 1.57. The first kappa shape index (κ1) is 10.6. The van der Waals surface area contributed by atoms with E-state index in [-0.39, 0.29) is 17.4 Å². The minimum absolute atomic E-state index is 0.138. The van der Waals surface area contributed by atoms with Crippen molar-refractivity contribution in [2.75, 3.05) is 0 Å². The van der Waals surface area contributed by atoms with Crippen molar-refractivity contribution < 1.29 is 0 Å². The Labute approximate surface area is 125 Å². The highest BCUT2D eigenvalue weighted by atomic mass is 16.2. The summed E-state index contributed by atoms with van der Waals surface area (Å²) in [6.07, 6.45) is 0. The molecule has 0 saturated heterocycles. The van der Waals surface area contributed by atoms with Gasteiger partial charge in [-0.2, -0.15) is 0 Å². The molecular formula is C17H15N3O2. The maximum Gasteiger partial charge on any atom is 0.352 e. The fourth-order valence-corrected chi connectivity index (χ4v) is 7.43. The lowest BCUT2D eigenvalue weighted by atomic mass is 9.11. The van der Waals surface area contributed by atoms with E-state index < -0.39 is 0 Å². The summed E-state index contributed by atoms with van der Waals surface area (Å²) in [6.45, 7) is 2.35. The molecule has 4 saturated carbocycles. The summed E-state index contributed by atoms with van der Waals surface area (Å²) in [6, 6.07) is 9.89. The first-order valence-corrected chi connectivity index (χ1v) is 8.19. The van der Waals surface area contributed by atoms with Gasteiger partial charge in [0.15, 0.2) is 0 Å². The van der Waals surface area contributed by atoms with Gasteiger partial charge in [0, 0.05) is 0 Å². The van der Waals surface area contributed by atoms with Gasteiger partial charge in [-0.25, -0.2) is 23.5 Å². The minimum atomic E-state index is -0.141. The van der Waals surface area contributed by atoms with Crippen molar-refractivity contribution in [3.8, 4) is 5.69 Å². The lowest BCUT2D eigenvalue weighted by Crippen LogP contribution is -2.95. The van der Waals surface area contributed by atoms with E-state index >= 15 is 0 Å². The second-order valence-corrected chi connectivity index (χ2v) is 8.01. The second-order valence-electron chi connectivity index (χ2n) is 8.01. The van der Waals surface area contributed by atoms with E-state index in [4.69, 9.17) is 0 Å². The fraction of sp³-hybridized carbons (Fsp3) is 0.529. The van der Waals surface area contributed by atoms with Gasteiger partial charge in [-0.1, -0.05) is 25.1 Å². The average molecular weight is 293 g/mol. The number of nitrogens with zero attached hydrogens (tertiary/aromatic N) is 3. The van der Waals surface area contributed by atoms with E-state index in [9.17, 15) is 9.59 Å². The van der Waals surface area contributed by atoms with E-state index in [1.807, 2.05) is 39.7 Å². The van der Waals surface area contributed by atoms with Crippen LogP contribution in [0.2, 0.25) is 0 Å². The molecule has 1 aromatic heterocycles. The molecule has 0 amide bonds. The topological polar surface area (TPSA) is 48.9 Å². The van der Waals surface area contributed by atoms with E-state index in [0.717, 1.165) is 11.8 Å². The van der Waals surface area contributed by atoms with Crippen LogP contribution in [-0.2, 0) is 0 Å². The van der Waals surface area contributed by atoms with Crippen LogP contribution in [-0.4, -0.2) is 13.9 Å². The van der Waals surface area contributed by atoms with Crippen LogP contribution in [0, 0.1) is 35.0 Å². The summed E-state index contributed by atoms with van der Waals surface area (Å²) >= 11 is 0. The molecule has 22 heavy (non-hydrogen) atoms. The molecule has 2 aliphatic heterocycles. The molecule has 2 bridgehead atoms. The van der Waals surface area contributed by atoms with Crippen molar-refractivity contribution in [1.29, 1.82) is 0 Å². The molecule has 0 N–H and O–H groups in total.